The van der Waals surface area contributed by atoms with Gasteiger partial charge in [-0.1, -0.05) is 48.5 Å². The third-order valence-electron chi connectivity index (χ3n) is 8.86. The molecule has 0 aliphatic carbocycles. The van der Waals surface area contributed by atoms with Gasteiger partial charge in [0.2, 0.25) is 0 Å². The number of allylic oxidation sites excluding steroid dienone is 1. The Hall–Kier alpha value is -2.76. The standard InChI is InChI=1S/C36H46N4.Ga/c1-9-22-19-25-20-23-17-18-24(37-23)21-32-26(10-2)29(13-5)36(40(32)16-8)31(15-7)35-28(12-4)27(11-3)34(39-35)30(14-6)33(22)38-25;/h17-21,39H,9-16H2,1-8H3;. The van der Waals surface area contributed by atoms with Crippen molar-refractivity contribution in [1.29, 1.82) is 0 Å². The Morgan fingerprint density at radius 3 is 1.68 bits per heavy atom. The topological polar surface area (TPSA) is 46.5 Å². The van der Waals surface area contributed by atoms with Crippen molar-refractivity contribution in [1.82, 2.24) is 19.5 Å². The predicted molar refractivity (Wildman–Crippen MR) is 179 cm³/mol. The first-order chi connectivity index (χ1) is 19.5. The summed E-state index contributed by atoms with van der Waals surface area (Å²) in [4.78, 5) is 14.3. The van der Waals surface area contributed by atoms with Gasteiger partial charge in [-0.25, -0.2) is 9.97 Å². The van der Waals surface area contributed by atoms with Crippen LogP contribution in [0.15, 0.2) is 12.1 Å². The Labute approximate surface area is 259 Å². The smallest absolute Gasteiger partial charge is 0.0722 e. The van der Waals surface area contributed by atoms with Gasteiger partial charge in [0, 0.05) is 54.0 Å². The summed E-state index contributed by atoms with van der Waals surface area (Å²) in [6, 6.07) is 4.45. The molecule has 0 atom stereocenters. The molecule has 213 valence electrons. The summed E-state index contributed by atoms with van der Waals surface area (Å²) in [5, 5.41) is 0. The molecule has 3 radical (unpaired) electrons. The van der Waals surface area contributed by atoms with E-state index in [0.717, 1.165) is 74.3 Å². The van der Waals surface area contributed by atoms with E-state index >= 15 is 0 Å². The van der Waals surface area contributed by atoms with E-state index in [2.05, 4.69) is 95.3 Å². The van der Waals surface area contributed by atoms with Crippen LogP contribution in [0.5, 0.6) is 0 Å². The molecule has 0 amide bonds. The molecular weight excluding hydrogens is 558 g/mol. The third kappa shape index (κ3) is 5.21. The zero-order chi connectivity index (χ0) is 28.6. The fourth-order valence-corrected chi connectivity index (χ4v) is 7.09. The van der Waals surface area contributed by atoms with Crippen molar-refractivity contribution >= 4 is 65.7 Å². The van der Waals surface area contributed by atoms with Crippen LogP contribution in [-0.2, 0) is 45.1 Å². The minimum absolute atomic E-state index is 0. The number of aromatic nitrogens is 4. The summed E-state index contributed by atoms with van der Waals surface area (Å²) >= 11 is 0. The minimum atomic E-state index is 0. The summed E-state index contributed by atoms with van der Waals surface area (Å²) in [5.41, 5.74) is 19.4. The van der Waals surface area contributed by atoms with Gasteiger partial charge in [-0.3, -0.25) is 0 Å². The van der Waals surface area contributed by atoms with E-state index in [-0.39, 0.29) is 19.8 Å². The van der Waals surface area contributed by atoms with Gasteiger partial charge >= 0.3 is 0 Å². The Morgan fingerprint density at radius 1 is 0.585 bits per heavy atom. The Kier molecular flexibility index (Phi) is 9.92. The molecular formula is C36H46GaN4. The zero-order valence-electron chi connectivity index (χ0n) is 26.5. The number of nitrogens with zero attached hydrogens (tertiary/aromatic N) is 3. The normalized spacial score (nSPS) is 12.5. The van der Waals surface area contributed by atoms with Gasteiger partial charge < -0.3 is 9.55 Å². The first kappa shape index (κ1) is 31.2. The van der Waals surface area contributed by atoms with E-state index in [1.54, 1.807) is 0 Å². The van der Waals surface area contributed by atoms with Gasteiger partial charge in [-0.05, 0) is 116 Å². The quantitative estimate of drug-likeness (QED) is 0.204. The van der Waals surface area contributed by atoms with E-state index < -0.39 is 0 Å². The number of hydrogen-bond acceptors (Lipinski definition) is 2. The number of fused-ring (bicyclic) bond motifs is 8. The molecule has 1 N–H and O–H groups in total. The number of aryl methyl sites for hydroxylation is 7. The van der Waals surface area contributed by atoms with E-state index in [0.29, 0.717) is 0 Å². The van der Waals surface area contributed by atoms with Gasteiger partial charge in [-0.2, -0.15) is 0 Å². The maximum Gasteiger partial charge on any atom is 0.0722 e. The van der Waals surface area contributed by atoms with Crippen molar-refractivity contribution in [2.45, 2.75) is 107 Å². The molecule has 2 aliphatic heterocycles. The van der Waals surface area contributed by atoms with Gasteiger partial charge in [-0.15, -0.1) is 0 Å². The predicted octanol–water partition coefficient (Wildman–Crippen LogP) is 8.92. The van der Waals surface area contributed by atoms with Gasteiger partial charge in [0.15, 0.2) is 0 Å². The van der Waals surface area contributed by atoms with Crippen molar-refractivity contribution in [3.8, 4) is 0 Å². The monoisotopic (exact) mass is 603 g/mol. The molecule has 0 fully saturated rings. The molecule has 3 aromatic heterocycles. The Morgan fingerprint density at radius 2 is 1.15 bits per heavy atom. The molecule has 41 heavy (non-hydrogen) atoms. The molecule has 5 heteroatoms. The Bertz CT molecular complexity index is 1680. The number of nitrogens with one attached hydrogen (secondary N) is 1. The van der Waals surface area contributed by atoms with E-state index in [1.807, 2.05) is 0 Å². The maximum atomic E-state index is 5.22. The van der Waals surface area contributed by atoms with Crippen LogP contribution in [0.3, 0.4) is 0 Å². The van der Waals surface area contributed by atoms with Crippen LogP contribution in [0.25, 0.3) is 45.9 Å². The molecule has 3 aromatic rings. The molecule has 2 aliphatic rings. The summed E-state index contributed by atoms with van der Waals surface area (Å²) in [7, 11) is 0. The van der Waals surface area contributed by atoms with Gasteiger partial charge in [0.05, 0.1) is 22.8 Å². The fraction of sp³-hybridized carbons (Fsp3) is 0.444. The second-order valence-corrected chi connectivity index (χ2v) is 10.8. The van der Waals surface area contributed by atoms with Crippen molar-refractivity contribution in [3.05, 3.63) is 68.3 Å². The first-order valence-electron chi connectivity index (χ1n) is 15.7. The second-order valence-electron chi connectivity index (χ2n) is 10.8. The molecule has 0 saturated heterocycles. The van der Waals surface area contributed by atoms with E-state index in [9.17, 15) is 0 Å². The SMILES string of the molecule is CCC1=Cc2cc3nc(cc4c(CC)c(CC)c(c(CC)c5[nH]c(c(CC)c1n2)c(CC)c5CC)n4CC)C=C3.[Ga]. The number of hydrogen-bond donors (Lipinski definition) is 1. The average Bonchev–Trinajstić information content (AvgIpc) is 3.73. The Balaban J connectivity index is 0.00000387. The van der Waals surface area contributed by atoms with Gasteiger partial charge in [0.1, 0.15) is 0 Å². The number of rotatable bonds is 8. The molecule has 0 aromatic carbocycles. The van der Waals surface area contributed by atoms with Crippen LogP contribution in [0.1, 0.15) is 118 Å². The molecule has 5 heterocycles. The molecule has 0 spiro atoms. The number of H-pyrrole nitrogens is 1. The van der Waals surface area contributed by atoms with Crippen LogP contribution in [0.2, 0.25) is 0 Å². The summed E-state index contributed by atoms with van der Waals surface area (Å²) < 4.78 is 2.57. The van der Waals surface area contributed by atoms with E-state index in [4.69, 9.17) is 9.97 Å². The van der Waals surface area contributed by atoms with Crippen molar-refractivity contribution in [3.63, 3.8) is 0 Å². The van der Waals surface area contributed by atoms with Crippen LogP contribution < -0.4 is 0 Å². The van der Waals surface area contributed by atoms with Crippen LogP contribution in [0.4, 0.5) is 0 Å². The molecule has 0 unspecified atom stereocenters. The summed E-state index contributed by atoms with van der Waals surface area (Å²) in [6.45, 7) is 19.3. The van der Waals surface area contributed by atoms with Gasteiger partial charge in [0.25, 0.3) is 0 Å². The summed E-state index contributed by atoms with van der Waals surface area (Å²) in [6.07, 6.45) is 13.5. The largest absolute Gasteiger partial charge is 0.354 e. The van der Waals surface area contributed by atoms with E-state index in [1.165, 1.54) is 61.0 Å². The molecule has 5 rings (SSSR count). The summed E-state index contributed by atoms with van der Waals surface area (Å²) in [5.74, 6) is 0. The third-order valence-corrected chi connectivity index (χ3v) is 8.86. The molecule has 0 saturated carbocycles. The molecule has 8 bridgehead atoms. The minimum Gasteiger partial charge on any atom is -0.354 e. The van der Waals surface area contributed by atoms with Crippen LogP contribution in [-0.4, -0.2) is 39.3 Å². The van der Waals surface area contributed by atoms with Crippen molar-refractivity contribution < 1.29 is 0 Å². The zero-order valence-corrected chi connectivity index (χ0v) is 28.9. The van der Waals surface area contributed by atoms with Crippen LogP contribution >= 0.6 is 0 Å². The second kappa shape index (κ2) is 13.0. The maximum absolute atomic E-state index is 5.22. The van der Waals surface area contributed by atoms with Crippen LogP contribution in [0, 0.1) is 0 Å². The molecule has 4 nitrogen and oxygen atoms in total. The fourth-order valence-electron chi connectivity index (χ4n) is 7.09. The average molecular weight is 605 g/mol. The van der Waals surface area contributed by atoms with Crippen molar-refractivity contribution in [2.24, 2.45) is 0 Å². The van der Waals surface area contributed by atoms with Crippen molar-refractivity contribution in [2.75, 3.05) is 0 Å². The number of aromatic amines is 1. The first-order valence-corrected chi connectivity index (χ1v) is 15.7.